The number of amides is 1. The third-order valence-electron chi connectivity index (χ3n) is 5.12. The molecule has 2 heterocycles. The van der Waals surface area contributed by atoms with Crippen molar-refractivity contribution < 1.29 is 9.53 Å². The van der Waals surface area contributed by atoms with Crippen molar-refractivity contribution in [1.82, 2.24) is 14.7 Å². The molecule has 0 spiro atoms. The molecule has 25 heavy (non-hydrogen) atoms. The molecule has 0 fully saturated rings. The van der Waals surface area contributed by atoms with Crippen molar-refractivity contribution in [3.05, 3.63) is 46.8 Å². The Kier molecular flexibility index (Phi) is 4.84. The van der Waals surface area contributed by atoms with E-state index in [1.807, 2.05) is 47.8 Å². The van der Waals surface area contributed by atoms with Gasteiger partial charge in [-0.15, -0.1) is 0 Å². The summed E-state index contributed by atoms with van der Waals surface area (Å²) in [7, 11) is 1.94. The van der Waals surface area contributed by atoms with E-state index < -0.39 is 0 Å². The quantitative estimate of drug-likeness (QED) is 0.859. The van der Waals surface area contributed by atoms with Gasteiger partial charge in [-0.2, -0.15) is 5.10 Å². The Balaban J connectivity index is 1.80. The molecular formula is C20H27N3O2. The molecule has 0 bridgehead atoms. The highest BCUT2D eigenvalue weighted by atomic mass is 16.5. The van der Waals surface area contributed by atoms with Gasteiger partial charge in [0.1, 0.15) is 12.4 Å². The number of ether oxygens (including phenoxy) is 1. The molecule has 0 radical (unpaired) electrons. The fourth-order valence-corrected chi connectivity index (χ4v) is 3.45. The number of hydrogen-bond donors (Lipinski definition) is 0. The molecule has 1 aliphatic heterocycles. The Morgan fingerprint density at radius 1 is 1.36 bits per heavy atom. The molecular weight excluding hydrogens is 314 g/mol. The SMILES string of the molecule is Cc1nn(C)c(C)c1CN(C(=O)C1COc2ccccc2C1)C(C)C. The van der Waals surface area contributed by atoms with E-state index in [-0.39, 0.29) is 17.9 Å². The first kappa shape index (κ1) is 17.5. The van der Waals surface area contributed by atoms with Gasteiger partial charge in [0, 0.05) is 30.9 Å². The first-order chi connectivity index (χ1) is 11.9. The lowest BCUT2D eigenvalue weighted by atomic mass is 9.95. The van der Waals surface area contributed by atoms with Gasteiger partial charge in [0.25, 0.3) is 0 Å². The van der Waals surface area contributed by atoms with E-state index >= 15 is 0 Å². The van der Waals surface area contributed by atoms with E-state index in [0.29, 0.717) is 13.2 Å². The molecule has 3 rings (SSSR count). The number of rotatable bonds is 4. The minimum atomic E-state index is -0.130. The average Bonchev–Trinajstić information content (AvgIpc) is 2.83. The van der Waals surface area contributed by atoms with Crippen LogP contribution in [-0.4, -0.2) is 33.2 Å². The predicted molar refractivity (Wildman–Crippen MR) is 97.5 cm³/mol. The van der Waals surface area contributed by atoms with E-state index in [4.69, 9.17) is 4.74 Å². The molecule has 1 unspecified atom stereocenters. The summed E-state index contributed by atoms with van der Waals surface area (Å²) in [4.78, 5) is 15.2. The summed E-state index contributed by atoms with van der Waals surface area (Å²) in [6.45, 7) is 9.24. The molecule has 1 amide bonds. The van der Waals surface area contributed by atoms with Gasteiger partial charge in [-0.25, -0.2) is 0 Å². The Bertz CT molecular complexity index is 779. The molecule has 0 N–H and O–H groups in total. The maximum absolute atomic E-state index is 13.2. The number of carbonyl (C=O) groups excluding carboxylic acids is 1. The lowest BCUT2D eigenvalue weighted by Crippen LogP contribution is -2.44. The van der Waals surface area contributed by atoms with Crippen LogP contribution in [0.25, 0.3) is 0 Å². The van der Waals surface area contributed by atoms with Crippen LogP contribution in [0.4, 0.5) is 0 Å². The van der Waals surface area contributed by atoms with Crippen molar-refractivity contribution in [1.29, 1.82) is 0 Å². The first-order valence-electron chi connectivity index (χ1n) is 8.88. The number of aromatic nitrogens is 2. The Hall–Kier alpha value is -2.30. The summed E-state index contributed by atoms with van der Waals surface area (Å²) >= 11 is 0. The molecule has 5 nitrogen and oxygen atoms in total. The Morgan fingerprint density at radius 2 is 2.08 bits per heavy atom. The van der Waals surface area contributed by atoms with E-state index in [1.54, 1.807) is 0 Å². The summed E-state index contributed by atoms with van der Waals surface area (Å²) in [5.41, 5.74) is 4.36. The zero-order valence-electron chi connectivity index (χ0n) is 15.7. The normalized spacial score (nSPS) is 16.5. The lowest BCUT2D eigenvalue weighted by molar-refractivity contribution is -0.139. The molecule has 0 saturated heterocycles. The maximum Gasteiger partial charge on any atom is 0.229 e. The lowest BCUT2D eigenvalue weighted by Gasteiger charge is -2.33. The van der Waals surface area contributed by atoms with Crippen molar-refractivity contribution in [2.24, 2.45) is 13.0 Å². The molecule has 1 aliphatic rings. The van der Waals surface area contributed by atoms with Crippen molar-refractivity contribution in [2.75, 3.05) is 6.61 Å². The number of benzene rings is 1. The van der Waals surface area contributed by atoms with Gasteiger partial charge in [-0.1, -0.05) is 18.2 Å². The molecule has 1 aromatic carbocycles. The van der Waals surface area contributed by atoms with Crippen LogP contribution in [-0.2, 0) is 24.8 Å². The minimum Gasteiger partial charge on any atom is -0.492 e. The van der Waals surface area contributed by atoms with Crippen molar-refractivity contribution >= 4 is 5.91 Å². The number of aryl methyl sites for hydroxylation is 2. The summed E-state index contributed by atoms with van der Waals surface area (Å²) in [6.07, 6.45) is 0.739. The zero-order valence-corrected chi connectivity index (χ0v) is 15.7. The molecule has 5 heteroatoms. The molecule has 0 aliphatic carbocycles. The van der Waals surface area contributed by atoms with Gasteiger partial charge in [-0.05, 0) is 45.7 Å². The van der Waals surface area contributed by atoms with Gasteiger partial charge in [0.05, 0.1) is 11.6 Å². The largest absolute Gasteiger partial charge is 0.492 e. The Labute approximate surface area is 149 Å². The van der Waals surface area contributed by atoms with Crippen molar-refractivity contribution in [2.45, 2.75) is 46.7 Å². The van der Waals surface area contributed by atoms with Gasteiger partial charge >= 0.3 is 0 Å². The number of fused-ring (bicyclic) bond motifs is 1. The first-order valence-corrected chi connectivity index (χ1v) is 8.88. The molecule has 134 valence electrons. The van der Waals surface area contributed by atoms with Crippen LogP contribution in [0.1, 0.15) is 36.4 Å². The second kappa shape index (κ2) is 6.90. The second-order valence-corrected chi connectivity index (χ2v) is 7.15. The summed E-state index contributed by atoms with van der Waals surface area (Å²) < 4.78 is 7.71. The van der Waals surface area contributed by atoms with Gasteiger partial charge < -0.3 is 9.64 Å². The van der Waals surface area contributed by atoms with Crippen LogP contribution in [0.15, 0.2) is 24.3 Å². The van der Waals surface area contributed by atoms with Crippen molar-refractivity contribution in [3.8, 4) is 5.75 Å². The minimum absolute atomic E-state index is 0.128. The highest BCUT2D eigenvalue weighted by Crippen LogP contribution is 2.29. The van der Waals surface area contributed by atoms with E-state index in [9.17, 15) is 4.79 Å². The number of carbonyl (C=O) groups is 1. The molecule has 2 aromatic rings. The Morgan fingerprint density at radius 3 is 2.72 bits per heavy atom. The topological polar surface area (TPSA) is 47.4 Å². The number of hydrogen-bond acceptors (Lipinski definition) is 3. The van der Waals surface area contributed by atoms with Crippen molar-refractivity contribution in [3.63, 3.8) is 0 Å². The monoisotopic (exact) mass is 341 g/mol. The van der Waals surface area contributed by atoms with Gasteiger partial charge in [0.2, 0.25) is 5.91 Å². The fourth-order valence-electron chi connectivity index (χ4n) is 3.45. The van der Waals surface area contributed by atoms with Crippen LogP contribution in [0.2, 0.25) is 0 Å². The average molecular weight is 341 g/mol. The zero-order chi connectivity index (χ0) is 18.1. The number of para-hydroxylation sites is 1. The fraction of sp³-hybridized carbons (Fsp3) is 0.500. The molecule has 1 aromatic heterocycles. The highest BCUT2D eigenvalue weighted by molar-refractivity contribution is 5.80. The summed E-state index contributed by atoms with van der Waals surface area (Å²) in [6, 6.07) is 8.11. The number of nitrogens with zero attached hydrogens (tertiary/aromatic N) is 3. The van der Waals surface area contributed by atoms with E-state index in [2.05, 4.69) is 25.9 Å². The molecule has 1 atom stereocenters. The van der Waals surface area contributed by atoms with Crippen LogP contribution in [0.5, 0.6) is 5.75 Å². The summed E-state index contributed by atoms with van der Waals surface area (Å²) in [5, 5.41) is 4.48. The van der Waals surface area contributed by atoms with Crippen LogP contribution >= 0.6 is 0 Å². The van der Waals surface area contributed by atoms with Crippen LogP contribution in [0.3, 0.4) is 0 Å². The van der Waals surface area contributed by atoms with Gasteiger partial charge in [-0.3, -0.25) is 9.48 Å². The van der Waals surface area contributed by atoms with Gasteiger partial charge in [0.15, 0.2) is 0 Å². The smallest absolute Gasteiger partial charge is 0.229 e. The molecule has 0 saturated carbocycles. The predicted octanol–water partition coefficient (Wildman–Crippen LogP) is 3.03. The summed E-state index contributed by atoms with van der Waals surface area (Å²) in [5.74, 6) is 0.934. The second-order valence-electron chi connectivity index (χ2n) is 7.15. The standard InChI is InChI=1S/C20H27N3O2/c1-13(2)23(11-18-14(3)21-22(5)15(18)4)20(24)17-10-16-8-6-7-9-19(16)25-12-17/h6-9,13,17H,10-12H2,1-5H3. The van der Waals surface area contributed by atoms with Crippen LogP contribution < -0.4 is 4.74 Å². The maximum atomic E-state index is 13.2. The van der Waals surface area contributed by atoms with E-state index in [1.165, 1.54) is 0 Å². The third-order valence-corrected chi connectivity index (χ3v) is 5.12. The third kappa shape index (κ3) is 3.41. The van der Waals surface area contributed by atoms with E-state index in [0.717, 1.165) is 34.7 Å². The highest BCUT2D eigenvalue weighted by Gasteiger charge is 2.31. The van der Waals surface area contributed by atoms with Crippen LogP contribution in [0, 0.1) is 19.8 Å².